The van der Waals surface area contributed by atoms with Crippen molar-refractivity contribution in [1.29, 1.82) is 5.26 Å². The average Bonchev–Trinajstić information content (AvgIpc) is 2.39. The first kappa shape index (κ1) is 13.8. The highest BCUT2D eigenvalue weighted by atomic mass is 79.9. The molecule has 0 aliphatic rings. The lowest BCUT2D eigenvalue weighted by Crippen LogP contribution is -2.11. The quantitative estimate of drug-likeness (QED) is 0.770. The van der Waals surface area contributed by atoms with Crippen LogP contribution in [-0.4, -0.2) is 5.78 Å². The summed E-state index contributed by atoms with van der Waals surface area (Å²) in [6.45, 7) is 0. The van der Waals surface area contributed by atoms with Crippen molar-refractivity contribution >= 4 is 33.3 Å². The summed E-state index contributed by atoms with van der Waals surface area (Å²) < 4.78 is 0.837. The highest BCUT2D eigenvalue weighted by Crippen LogP contribution is 2.24. The van der Waals surface area contributed by atoms with Gasteiger partial charge in [0.05, 0.1) is 6.07 Å². The lowest BCUT2D eigenvalue weighted by Gasteiger charge is -2.09. The number of carbonyl (C=O) groups is 1. The summed E-state index contributed by atoms with van der Waals surface area (Å²) in [7, 11) is 0. The Morgan fingerprint density at radius 2 is 1.95 bits per heavy atom. The van der Waals surface area contributed by atoms with Crippen LogP contribution < -0.4 is 0 Å². The third-order valence-corrected chi connectivity index (χ3v) is 3.41. The molecule has 0 aliphatic heterocycles. The van der Waals surface area contributed by atoms with Gasteiger partial charge in [-0.3, -0.25) is 4.79 Å². The van der Waals surface area contributed by atoms with Gasteiger partial charge in [0, 0.05) is 15.1 Å². The summed E-state index contributed by atoms with van der Waals surface area (Å²) in [6.07, 6.45) is 0. The van der Waals surface area contributed by atoms with Gasteiger partial charge in [-0.2, -0.15) is 5.26 Å². The highest BCUT2D eigenvalue weighted by molar-refractivity contribution is 9.10. The van der Waals surface area contributed by atoms with Crippen LogP contribution in [0.5, 0.6) is 0 Å². The maximum Gasteiger partial charge on any atom is 0.184 e. The van der Waals surface area contributed by atoms with Crippen molar-refractivity contribution in [3.05, 3.63) is 69.2 Å². The monoisotopic (exact) mass is 333 g/mol. The molecule has 1 atom stereocenters. The third-order valence-electron chi connectivity index (χ3n) is 2.68. The Hall–Kier alpha value is -1.63. The van der Waals surface area contributed by atoms with E-state index < -0.39 is 5.92 Å². The molecule has 4 heteroatoms. The standard InChI is InChI=1S/C15H9BrClNO/c16-12-5-1-3-10(7-12)14(9-18)15(19)11-4-2-6-13(17)8-11/h1-8,14H. The van der Waals surface area contributed by atoms with E-state index in [1.165, 1.54) is 0 Å². The summed E-state index contributed by atoms with van der Waals surface area (Å²) in [4.78, 5) is 12.3. The third kappa shape index (κ3) is 3.23. The predicted molar refractivity (Wildman–Crippen MR) is 78.3 cm³/mol. The Kier molecular flexibility index (Phi) is 4.36. The van der Waals surface area contributed by atoms with Crippen LogP contribution in [0.25, 0.3) is 0 Å². The van der Waals surface area contributed by atoms with Gasteiger partial charge in [0.1, 0.15) is 5.92 Å². The molecule has 0 heterocycles. The molecule has 2 rings (SSSR count). The molecule has 0 aromatic heterocycles. The number of carbonyl (C=O) groups excluding carboxylic acids is 1. The normalized spacial score (nSPS) is 11.6. The van der Waals surface area contributed by atoms with Crippen LogP contribution in [0.3, 0.4) is 0 Å². The molecule has 2 aromatic carbocycles. The number of hydrogen-bond acceptors (Lipinski definition) is 2. The average molecular weight is 335 g/mol. The second-order valence-electron chi connectivity index (χ2n) is 3.99. The molecule has 0 saturated carbocycles. The SMILES string of the molecule is N#CC(C(=O)c1cccc(Cl)c1)c1cccc(Br)c1. The number of hydrogen-bond donors (Lipinski definition) is 0. The van der Waals surface area contributed by atoms with Crippen molar-refractivity contribution in [1.82, 2.24) is 0 Å². The minimum Gasteiger partial charge on any atom is -0.292 e. The van der Waals surface area contributed by atoms with Crippen LogP contribution in [0.1, 0.15) is 21.8 Å². The van der Waals surface area contributed by atoms with Crippen LogP contribution in [0.15, 0.2) is 53.0 Å². The number of ketones is 1. The minimum absolute atomic E-state index is 0.247. The Morgan fingerprint density at radius 3 is 2.58 bits per heavy atom. The molecule has 0 aliphatic carbocycles. The van der Waals surface area contributed by atoms with Crippen LogP contribution in [0.2, 0.25) is 5.02 Å². The van der Waals surface area contributed by atoms with Gasteiger partial charge in [-0.15, -0.1) is 0 Å². The van der Waals surface area contributed by atoms with E-state index in [0.717, 1.165) is 4.47 Å². The maximum atomic E-state index is 12.3. The van der Waals surface area contributed by atoms with Gasteiger partial charge in [-0.05, 0) is 29.8 Å². The van der Waals surface area contributed by atoms with E-state index in [0.29, 0.717) is 16.1 Å². The van der Waals surface area contributed by atoms with Crippen molar-refractivity contribution in [2.45, 2.75) is 5.92 Å². The van der Waals surface area contributed by atoms with Gasteiger partial charge in [0.25, 0.3) is 0 Å². The molecule has 0 spiro atoms. The van der Waals surface area contributed by atoms with E-state index in [9.17, 15) is 10.1 Å². The summed E-state index contributed by atoms with van der Waals surface area (Å²) in [5.74, 6) is -1.07. The fraction of sp³-hybridized carbons (Fsp3) is 0.0667. The Bertz CT molecular complexity index is 663. The molecule has 94 valence electrons. The van der Waals surface area contributed by atoms with E-state index in [-0.39, 0.29) is 5.78 Å². The molecule has 0 amide bonds. The molecular weight excluding hydrogens is 326 g/mol. The second kappa shape index (κ2) is 6.01. The number of nitriles is 1. The molecule has 0 N–H and O–H groups in total. The van der Waals surface area contributed by atoms with Crippen LogP contribution in [0.4, 0.5) is 0 Å². The predicted octanol–water partition coefficient (Wildman–Crippen LogP) is 4.59. The van der Waals surface area contributed by atoms with E-state index in [1.807, 2.05) is 12.1 Å². The largest absolute Gasteiger partial charge is 0.292 e. The van der Waals surface area contributed by atoms with Gasteiger partial charge >= 0.3 is 0 Å². The lowest BCUT2D eigenvalue weighted by molar-refractivity contribution is 0.0979. The number of nitrogens with zero attached hydrogens (tertiary/aromatic N) is 1. The topological polar surface area (TPSA) is 40.9 Å². The van der Waals surface area contributed by atoms with E-state index in [4.69, 9.17) is 11.6 Å². The summed E-state index contributed by atoms with van der Waals surface area (Å²) in [6, 6.07) is 15.9. The van der Waals surface area contributed by atoms with Gasteiger partial charge in [-0.1, -0.05) is 51.8 Å². The van der Waals surface area contributed by atoms with Crippen LogP contribution in [-0.2, 0) is 0 Å². The van der Waals surface area contributed by atoms with Gasteiger partial charge in [0.15, 0.2) is 5.78 Å². The molecule has 19 heavy (non-hydrogen) atoms. The highest BCUT2D eigenvalue weighted by Gasteiger charge is 2.21. The van der Waals surface area contributed by atoms with Gasteiger partial charge < -0.3 is 0 Å². The molecule has 1 unspecified atom stereocenters. The first-order chi connectivity index (χ1) is 9.11. The Balaban J connectivity index is 2.38. The van der Waals surface area contributed by atoms with Crippen molar-refractivity contribution < 1.29 is 4.79 Å². The van der Waals surface area contributed by atoms with E-state index in [1.54, 1.807) is 42.5 Å². The van der Waals surface area contributed by atoms with Crippen LogP contribution >= 0.6 is 27.5 Å². The van der Waals surface area contributed by atoms with Crippen molar-refractivity contribution in [3.8, 4) is 6.07 Å². The first-order valence-corrected chi connectivity index (χ1v) is 6.74. The van der Waals surface area contributed by atoms with Crippen LogP contribution in [0, 0.1) is 11.3 Å². The molecule has 0 fully saturated rings. The number of halogens is 2. The number of benzene rings is 2. The maximum absolute atomic E-state index is 12.3. The zero-order valence-electron chi connectivity index (χ0n) is 9.81. The van der Waals surface area contributed by atoms with Crippen molar-refractivity contribution in [2.75, 3.05) is 0 Å². The molecule has 2 nitrogen and oxygen atoms in total. The molecular formula is C15H9BrClNO. The van der Waals surface area contributed by atoms with Crippen molar-refractivity contribution in [2.24, 2.45) is 0 Å². The summed E-state index contributed by atoms with van der Waals surface area (Å²) >= 11 is 9.20. The zero-order chi connectivity index (χ0) is 13.8. The van der Waals surface area contributed by atoms with Gasteiger partial charge in [-0.25, -0.2) is 0 Å². The minimum atomic E-state index is -0.823. The molecule has 0 radical (unpaired) electrons. The molecule has 0 saturated heterocycles. The summed E-state index contributed by atoms with van der Waals surface area (Å²) in [5.41, 5.74) is 1.11. The van der Waals surface area contributed by atoms with Gasteiger partial charge in [0.2, 0.25) is 0 Å². The van der Waals surface area contributed by atoms with E-state index in [2.05, 4.69) is 15.9 Å². The lowest BCUT2D eigenvalue weighted by atomic mass is 9.92. The number of Topliss-reactive ketones (excluding diaryl/α,β-unsaturated/α-hetero) is 1. The molecule has 0 bridgehead atoms. The Labute approximate surface area is 124 Å². The summed E-state index contributed by atoms with van der Waals surface area (Å²) in [5, 5.41) is 9.74. The first-order valence-electron chi connectivity index (χ1n) is 5.56. The fourth-order valence-electron chi connectivity index (χ4n) is 1.78. The molecule has 2 aromatic rings. The second-order valence-corrected chi connectivity index (χ2v) is 5.34. The zero-order valence-corrected chi connectivity index (χ0v) is 12.1. The smallest absolute Gasteiger partial charge is 0.184 e. The Morgan fingerprint density at radius 1 is 1.21 bits per heavy atom. The van der Waals surface area contributed by atoms with E-state index >= 15 is 0 Å². The van der Waals surface area contributed by atoms with Crippen molar-refractivity contribution in [3.63, 3.8) is 0 Å². The fourth-order valence-corrected chi connectivity index (χ4v) is 2.39. The number of rotatable bonds is 3.